The van der Waals surface area contributed by atoms with Gasteiger partial charge in [0.05, 0.1) is 12.5 Å². The Labute approximate surface area is 143 Å². The van der Waals surface area contributed by atoms with Gasteiger partial charge in [-0.25, -0.2) is 0 Å². The van der Waals surface area contributed by atoms with Gasteiger partial charge in [0.2, 0.25) is 0 Å². The van der Waals surface area contributed by atoms with Gasteiger partial charge in [0.25, 0.3) is 0 Å². The monoisotopic (exact) mass is 382 g/mol. The van der Waals surface area contributed by atoms with Crippen molar-refractivity contribution in [2.75, 3.05) is 25.0 Å². The van der Waals surface area contributed by atoms with Crippen LogP contribution in [0.5, 0.6) is 0 Å². The molecule has 0 bridgehead atoms. The Morgan fingerprint density at radius 3 is 2.61 bits per heavy atom. The van der Waals surface area contributed by atoms with Crippen LogP contribution in [0, 0.1) is 5.92 Å². The van der Waals surface area contributed by atoms with Gasteiger partial charge in [0.15, 0.2) is 0 Å². The van der Waals surface area contributed by atoms with Gasteiger partial charge in [-0.05, 0) is 38.0 Å². The highest BCUT2D eigenvalue weighted by Crippen LogP contribution is 2.20. The Kier molecular flexibility index (Phi) is 6.15. The van der Waals surface area contributed by atoms with Crippen molar-refractivity contribution in [3.63, 3.8) is 0 Å². The maximum atomic E-state index is 12.2. The smallest absolute Gasteiger partial charge is 0.313 e. The zero-order chi connectivity index (χ0) is 16.8. The van der Waals surface area contributed by atoms with E-state index in [1.54, 1.807) is 25.1 Å². The number of anilines is 1. The Hall–Kier alpha value is -1.89. The summed E-state index contributed by atoms with van der Waals surface area (Å²) >= 11 is 3.31. The van der Waals surface area contributed by atoms with Crippen LogP contribution in [0.15, 0.2) is 28.7 Å². The first-order chi connectivity index (χ1) is 11.0. The number of benzene rings is 1. The Balaban J connectivity index is 1.87. The van der Waals surface area contributed by atoms with Crippen molar-refractivity contribution in [3.05, 3.63) is 28.7 Å². The summed E-state index contributed by atoms with van der Waals surface area (Å²) in [6.45, 7) is 2.89. The van der Waals surface area contributed by atoms with Crippen molar-refractivity contribution in [2.45, 2.75) is 19.8 Å². The number of amides is 2. The summed E-state index contributed by atoms with van der Waals surface area (Å²) in [4.78, 5) is 37.4. The van der Waals surface area contributed by atoms with Crippen molar-refractivity contribution in [1.29, 1.82) is 0 Å². The van der Waals surface area contributed by atoms with E-state index < -0.39 is 11.8 Å². The molecule has 7 heteroatoms. The van der Waals surface area contributed by atoms with Gasteiger partial charge in [-0.15, -0.1) is 0 Å². The lowest BCUT2D eigenvalue weighted by Gasteiger charge is -2.30. The van der Waals surface area contributed by atoms with Gasteiger partial charge in [-0.2, -0.15) is 0 Å². The summed E-state index contributed by atoms with van der Waals surface area (Å²) in [5.41, 5.74) is 0.555. The van der Waals surface area contributed by atoms with Crippen LogP contribution in [-0.2, 0) is 19.1 Å². The molecule has 0 aromatic heterocycles. The highest BCUT2D eigenvalue weighted by molar-refractivity contribution is 9.10. The normalized spacial score (nSPS) is 15.1. The van der Waals surface area contributed by atoms with Crippen LogP contribution in [0.3, 0.4) is 0 Å². The van der Waals surface area contributed by atoms with E-state index in [9.17, 15) is 14.4 Å². The molecule has 1 heterocycles. The summed E-state index contributed by atoms with van der Waals surface area (Å²) in [5.74, 6) is -1.66. The number of rotatable bonds is 3. The Bertz CT molecular complexity index is 597. The van der Waals surface area contributed by atoms with Gasteiger partial charge in [-0.3, -0.25) is 14.4 Å². The first kappa shape index (κ1) is 17.5. The molecule has 1 aliphatic heterocycles. The molecular weight excluding hydrogens is 364 g/mol. The highest BCUT2D eigenvalue weighted by Gasteiger charge is 2.30. The van der Waals surface area contributed by atoms with Gasteiger partial charge in [0, 0.05) is 23.2 Å². The quantitative estimate of drug-likeness (QED) is 0.642. The summed E-state index contributed by atoms with van der Waals surface area (Å²) in [6, 6.07) is 7.04. The molecule has 1 aromatic rings. The second-order valence-electron chi connectivity index (χ2n) is 5.28. The minimum absolute atomic E-state index is 0.188. The van der Waals surface area contributed by atoms with Gasteiger partial charge in [0.1, 0.15) is 0 Å². The average molecular weight is 383 g/mol. The average Bonchev–Trinajstić information content (AvgIpc) is 2.54. The number of carbonyl (C=O) groups excluding carboxylic acids is 3. The minimum Gasteiger partial charge on any atom is -0.466 e. The number of ether oxygens (including phenoxy) is 1. The maximum Gasteiger partial charge on any atom is 0.313 e. The highest BCUT2D eigenvalue weighted by atomic mass is 79.9. The largest absolute Gasteiger partial charge is 0.466 e. The summed E-state index contributed by atoms with van der Waals surface area (Å²) < 4.78 is 5.81. The molecule has 2 rings (SSSR count). The number of esters is 1. The molecule has 1 aliphatic rings. The third kappa shape index (κ3) is 4.79. The van der Waals surface area contributed by atoms with Crippen LogP contribution in [-0.4, -0.2) is 42.4 Å². The maximum absolute atomic E-state index is 12.2. The van der Waals surface area contributed by atoms with E-state index in [1.807, 2.05) is 6.07 Å². The lowest BCUT2D eigenvalue weighted by Crippen LogP contribution is -2.45. The lowest BCUT2D eigenvalue weighted by atomic mass is 9.97. The van der Waals surface area contributed by atoms with Gasteiger partial charge in [-0.1, -0.05) is 22.0 Å². The molecule has 6 nitrogen and oxygen atoms in total. The fourth-order valence-electron chi connectivity index (χ4n) is 2.47. The van der Waals surface area contributed by atoms with Crippen molar-refractivity contribution >= 4 is 39.4 Å². The number of carbonyl (C=O) groups is 3. The van der Waals surface area contributed by atoms with E-state index in [0.29, 0.717) is 38.2 Å². The summed E-state index contributed by atoms with van der Waals surface area (Å²) in [5, 5.41) is 2.58. The molecule has 0 radical (unpaired) electrons. The predicted octanol–water partition coefficient (Wildman–Crippen LogP) is 2.19. The lowest BCUT2D eigenvalue weighted by molar-refractivity contribution is -0.152. The van der Waals surface area contributed by atoms with Crippen LogP contribution >= 0.6 is 15.9 Å². The number of nitrogens with one attached hydrogen (secondary N) is 1. The third-order valence-corrected chi connectivity index (χ3v) is 4.17. The first-order valence-electron chi connectivity index (χ1n) is 7.53. The van der Waals surface area contributed by atoms with Crippen LogP contribution < -0.4 is 5.32 Å². The van der Waals surface area contributed by atoms with Crippen molar-refractivity contribution in [2.24, 2.45) is 5.92 Å². The van der Waals surface area contributed by atoms with Gasteiger partial charge < -0.3 is 15.0 Å². The van der Waals surface area contributed by atoms with Crippen LogP contribution in [0.2, 0.25) is 0 Å². The number of nitrogens with zero attached hydrogens (tertiary/aromatic N) is 1. The van der Waals surface area contributed by atoms with Crippen LogP contribution in [0.4, 0.5) is 5.69 Å². The molecule has 23 heavy (non-hydrogen) atoms. The fraction of sp³-hybridized carbons (Fsp3) is 0.438. The van der Waals surface area contributed by atoms with Crippen LogP contribution in [0.25, 0.3) is 0 Å². The van der Waals surface area contributed by atoms with E-state index in [1.165, 1.54) is 4.90 Å². The van der Waals surface area contributed by atoms with E-state index in [0.717, 1.165) is 4.47 Å². The van der Waals surface area contributed by atoms with E-state index in [2.05, 4.69) is 21.2 Å². The number of hydrogen-bond acceptors (Lipinski definition) is 4. The fourth-order valence-corrected chi connectivity index (χ4v) is 2.87. The molecule has 124 valence electrons. The molecular formula is C16H19BrN2O4. The number of likely N-dealkylation sites (tertiary alicyclic amines) is 1. The van der Waals surface area contributed by atoms with E-state index >= 15 is 0 Å². The molecule has 0 saturated carbocycles. The molecule has 0 spiro atoms. The molecule has 2 amide bonds. The number of hydrogen-bond donors (Lipinski definition) is 1. The Morgan fingerprint density at radius 2 is 2.00 bits per heavy atom. The van der Waals surface area contributed by atoms with Crippen LogP contribution in [0.1, 0.15) is 19.8 Å². The summed E-state index contributed by atoms with van der Waals surface area (Å²) in [6.07, 6.45) is 1.05. The first-order valence-corrected chi connectivity index (χ1v) is 8.33. The second-order valence-corrected chi connectivity index (χ2v) is 6.20. The second kappa shape index (κ2) is 8.10. The molecule has 1 aromatic carbocycles. The zero-order valence-electron chi connectivity index (χ0n) is 12.9. The third-order valence-electron chi connectivity index (χ3n) is 3.68. The zero-order valence-corrected chi connectivity index (χ0v) is 14.5. The molecule has 1 saturated heterocycles. The molecule has 1 N–H and O–H groups in total. The topological polar surface area (TPSA) is 75.7 Å². The van der Waals surface area contributed by atoms with Crippen molar-refractivity contribution in [1.82, 2.24) is 4.90 Å². The Morgan fingerprint density at radius 1 is 1.30 bits per heavy atom. The molecule has 0 unspecified atom stereocenters. The SMILES string of the molecule is CCOC(=O)C1CCN(C(=O)C(=O)Nc2cccc(Br)c2)CC1. The van der Waals surface area contributed by atoms with Gasteiger partial charge >= 0.3 is 17.8 Å². The molecule has 1 fully saturated rings. The number of halogens is 1. The minimum atomic E-state index is -0.669. The number of piperidine rings is 1. The molecule has 0 atom stereocenters. The van der Waals surface area contributed by atoms with E-state index in [4.69, 9.17) is 4.74 Å². The van der Waals surface area contributed by atoms with E-state index in [-0.39, 0.29) is 11.9 Å². The van der Waals surface area contributed by atoms with Crippen molar-refractivity contribution in [3.8, 4) is 0 Å². The van der Waals surface area contributed by atoms with Crippen molar-refractivity contribution < 1.29 is 19.1 Å². The predicted molar refractivity (Wildman–Crippen MR) is 88.7 cm³/mol. The molecule has 0 aliphatic carbocycles. The standard InChI is InChI=1S/C16H19BrN2O4/c1-2-23-16(22)11-6-8-19(9-7-11)15(21)14(20)18-13-5-3-4-12(17)10-13/h3-5,10-11H,2,6-9H2,1H3,(H,18,20). The summed E-state index contributed by atoms with van der Waals surface area (Å²) in [7, 11) is 0.